The van der Waals surface area contributed by atoms with Crippen molar-refractivity contribution in [3.63, 3.8) is 0 Å². The van der Waals surface area contributed by atoms with Crippen LogP contribution in [-0.4, -0.2) is 20.7 Å². The summed E-state index contributed by atoms with van der Waals surface area (Å²) in [5, 5.41) is 4.91. The molecule has 0 aliphatic heterocycles. The number of hydrogen-bond acceptors (Lipinski definition) is 3. The van der Waals surface area contributed by atoms with Crippen LogP contribution in [0.5, 0.6) is 0 Å². The Morgan fingerprint density at radius 1 is 1.46 bits per heavy atom. The van der Waals surface area contributed by atoms with Crippen LogP contribution in [0.1, 0.15) is 17.4 Å². The fourth-order valence-electron chi connectivity index (χ4n) is 1.29. The minimum Gasteiger partial charge on any atom is -0.273 e. The largest absolute Gasteiger partial charge is 0.273 e. The molecular weight excluding hydrogens is 166 g/mol. The Morgan fingerprint density at radius 2 is 2.23 bits per heavy atom. The highest BCUT2D eigenvalue weighted by Crippen LogP contribution is 2.12. The van der Waals surface area contributed by atoms with E-state index in [0.29, 0.717) is 0 Å². The number of hydrogen-bond donors (Lipinski definition) is 0. The second-order valence-electron chi connectivity index (χ2n) is 2.96. The first kappa shape index (κ1) is 7.91. The molecule has 0 N–H and O–H groups in total. The zero-order valence-corrected chi connectivity index (χ0v) is 7.48. The van der Waals surface area contributed by atoms with E-state index in [1.54, 1.807) is 12.4 Å². The van der Waals surface area contributed by atoms with Gasteiger partial charge in [0.2, 0.25) is 5.91 Å². The van der Waals surface area contributed by atoms with Gasteiger partial charge in [0.25, 0.3) is 0 Å². The maximum atomic E-state index is 11.1. The van der Waals surface area contributed by atoms with Crippen molar-refractivity contribution in [3.8, 4) is 0 Å². The molecule has 4 nitrogen and oxygen atoms in total. The number of fused-ring (bicyclic) bond motifs is 1. The fourth-order valence-corrected chi connectivity index (χ4v) is 1.29. The molecule has 4 heteroatoms. The van der Waals surface area contributed by atoms with Gasteiger partial charge in [-0.3, -0.25) is 9.78 Å². The average Bonchev–Trinajstić information content (AvgIpc) is 2.46. The summed E-state index contributed by atoms with van der Waals surface area (Å²) in [6.45, 7) is 3.39. The molecule has 0 aliphatic rings. The van der Waals surface area contributed by atoms with Gasteiger partial charge in [-0.2, -0.15) is 9.78 Å². The molecule has 2 aromatic heterocycles. The van der Waals surface area contributed by atoms with Crippen molar-refractivity contribution >= 4 is 16.8 Å². The number of aryl methyl sites for hydroxylation is 1. The summed E-state index contributed by atoms with van der Waals surface area (Å²) < 4.78 is 1.35. The molecule has 2 aromatic rings. The maximum absolute atomic E-state index is 11.1. The van der Waals surface area contributed by atoms with Crippen molar-refractivity contribution in [1.29, 1.82) is 0 Å². The lowest BCUT2D eigenvalue weighted by Crippen LogP contribution is -2.06. The molecule has 13 heavy (non-hydrogen) atoms. The lowest BCUT2D eigenvalue weighted by atomic mass is 10.3. The fraction of sp³-hybridized carbons (Fsp3) is 0.222. The van der Waals surface area contributed by atoms with E-state index in [4.69, 9.17) is 0 Å². The lowest BCUT2D eigenvalue weighted by Gasteiger charge is -1.96. The Labute approximate surface area is 75.2 Å². The number of carbonyl (C=O) groups is 1. The zero-order valence-electron chi connectivity index (χ0n) is 7.48. The van der Waals surface area contributed by atoms with Crippen LogP contribution >= 0.6 is 0 Å². The van der Waals surface area contributed by atoms with Crippen LogP contribution in [0.15, 0.2) is 18.5 Å². The Balaban J connectivity index is 2.76. The van der Waals surface area contributed by atoms with Gasteiger partial charge in [0.15, 0.2) is 0 Å². The second-order valence-corrected chi connectivity index (χ2v) is 2.96. The topological polar surface area (TPSA) is 47.8 Å². The van der Waals surface area contributed by atoms with Gasteiger partial charge >= 0.3 is 0 Å². The molecular formula is C9H9N3O. The summed E-state index contributed by atoms with van der Waals surface area (Å²) in [5.41, 5.74) is 1.69. The number of aromatic nitrogens is 3. The summed E-state index contributed by atoms with van der Waals surface area (Å²) in [6.07, 6.45) is 3.34. The summed E-state index contributed by atoms with van der Waals surface area (Å²) in [6, 6.07) is 1.90. The smallest absolute Gasteiger partial charge is 0.244 e. The molecule has 2 heterocycles. The summed E-state index contributed by atoms with van der Waals surface area (Å²) >= 11 is 0. The monoisotopic (exact) mass is 175 g/mol. The Kier molecular flexibility index (Phi) is 1.62. The SMILES string of the molecule is CC(=O)n1ncc2cc(C)ncc21. The predicted molar refractivity (Wildman–Crippen MR) is 48.6 cm³/mol. The highest BCUT2D eigenvalue weighted by Gasteiger charge is 2.05. The van der Waals surface area contributed by atoms with Crippen molar-refractivity contribution in [2.45, 2.75) is 13.8 Å². The third-order valence-corrected chi connectivity index (χ3v) is 1.89. The second kappa shape index (κ2) is 2.65. The zero-order chi connectivity index (χ0) is 9.42. The lowest BCUT2D eigenvalue weighted by molar-refractivity contribution is 0.0926. The van der Waals surface area contributed by atoms with E-state index >= 15 is 0 Å². The van der Waals surface area contributed by atoms with E-state index in [0.717, 1.165) is 16.6 Å². The average molecular weight is 175 g/mol. The van der Waals surface area contributed by atoms with E-state index in [9.17, 15) is 4.79 Å². The number of rotatable bonds is 0. The van der Waals surface area contributed by atoms with Crippen molar-refractivity contribution < 1.29 is 4.79 Å². The maximum Gasteiger partial charge on any atom is 0.244 e. The molecule has 0 fully saturated rings. The van der Waals surface area contributed by atoms with Gasteiger partial charge in [-0.25, -0.2) is 0 Å². The highest BCUT2D eigenvalue weighted by atomic mass is 16.2. The van der Waals surface area contributed by atoms with Crippen molar-refractivity contribution in [2.24, 2.45) is 0 Å². The van der Waals surface area contributed by atoms with E-state index in [1.807, 2.05) is 13.0 Å². The van der Waals surface area contributed by atoms with Gasteiger partial charge < -0.3 is 0 Å². The van der Waals surface area contributed by atoms with Gasteiger partial charge in [0, 0.05) is 18.0 Å². The Hall–Kier alpha value is -1.71. The van der Waals surface area contributed by atoms with Crippen LogP contribution in [0.2, 0.25) is 0 Å². The third-order valence-electron chi connectivity index (χ3n) is 1.89. The highest BCUT2D eigenvalue weighted by molar-refractivity contribution is 5.89. The van der Waals surface area contributed by atoms with Gasteiger partial charge in [-0.15, -0.1) is 0 Å². The molecule has 0 radical (unpaired) electrons. The molecule has 0 spiro atoms. The first-order chi connectivity index (χ1) is 6.18. The first-order valence-electron chi connectivity index (χ1n) is 4.00. The molecule has 0 unspecified atom stereocenters. The quantitative estimate of drug-likeness (QED) is 0.608. The van der Waals surface area contributed by atoms with Crippen molar-refractivity contribution in [1.82, 2.24) is 14.8 Å². The molecule has 0 amide bonds. The van der Waals surface area contributed by atoms with Crippen LogP contribution < -0.4 is 0 Å². The Morgan fingerprint density at radius 3 is 2.92 bits per heavy atom. The molecule has 0 saturated heterocycles. The molecule has 2 rings (SSSR count). The standard InChI is InChI=1S/C9H9N3O/c1-6-3-8-4-11-12(7(2)13)9(8)5-10-6/h3-5H,1-2H3. The number of nitrogens with zero attached hydrogens (tertiary/aromatic N) is 3. The van der Waals surface area contributed by atoms with Gasteiger partial charge in [-0.1, -0.05) is 0 Å². The van der Waals surface area contributed by atoms with Gasteiger partial charge in [0.1, 0.15) is 0 Å². The minimum absolute atomic E-state index is 0.0966. The molecule has 0 saturated carbocycles. The van der Waals surface area contributed by atoms with Crippen LogP contribution in [0.3, 0.4) is 0 Å². The molecule has 66 valence electrons. The van der Waals surface area contributed by atoms with Crippen LogP contribution in [0.25, 0.3) is 10.9 Å². The minimum atomic E-state index is -0.0966. The van der Waals surface area contributed by atoms with Gasteiger partial charge in [0.05, 0.1) is 17.9 Å². The van der Waals surface area contributed by atoms with Crippen LogP contribution in [0, 0.1) is 6.92 Å². The Bertz CT molecular complexity index is 473. The van der Waals surface area contributed by atoms with E-state index < -0.39 is 0 Å². The summed E-state index contributed by atoms with van der Waals surface area (Å²) in [7, 11) is 0. The van der Waals surface area contributed by atoms with E-state index in [-0.39, 0.29) is 5.91 Å². The predicted octanol–water partition coefficient (Wildman–Crippen LogP) is 1.40. The van der Waals surface area contributed by atoms with E-state index in [1.165, 1.54) is 11.6 Å². The van der Waals surface area contributed by atoms with E-state index in [2.05, 4.69) is 10.1 Å². The summed E-state index contributed by atoms with van der Waals surface area (Å²) in [5.74, 6) is -0.0966. The third kappa shape index (κ3) is 1.20. The van der Waals surface area contributed by atoms with Crippen LogP contribution in [-0.2, 0) is 0 Å². The molecule has 0 aromatic carbocycles. The normalized spacial score (nSPS) is 10.6. The number of pyridine rings is 1. The van der Waals surface area contributed by atoms with Crippen molar-refractivity contribution in [3.05, 3.63) is 24.2 Å². The first-order valence-corrected chi connectivity index (χ1v) is 4.00. The van der Waals surface area contributed by atoms with Crippen molar-refractivity contribution in [2.75, 3.05) is 0 Å². The number of carbonyl (C=O) groups excluding carboxylic acids is 1. The van der Waals surface area contributed by atoms with Gasteiger partial charge in [-0.05, 0) is 13.0 Å². The molecule has 0 aliphatic carbocycles. The molecule has 0 bridgehead atoms. The summed E-state index contributed by atoms with van der Waals surface area (Å²) in [4.78, 5) is 15.2. The molecule has 0 atom stereocenters. The van der Waals surface area contributed by atoms with Crippen LogP contribution in [0.4, 0.5) is 0 Å².